The largest absolute Gasteiger partial charge is 0.393 e. The number of nitrogens with zero attached hydrogens (tertiary/aromatic N) is 2. The number of halogens is 1. The zero-order valence-corrected chi connectivity index (χ0v) is 16.4. The van der Waals surface area contributed by atoms with Crippen LogP contribution in [0.15, 0.2) is 59.1 Å². The second-order valence-electron chi connectivity index (χ2n) is 7.11. The molecule has 0 fully saturated rings. The summed E-state index contributed by atoms with van der Waals surface area (Å²) in [6.07, 6.45) is 0. The van der Waals surface area contributed by atoms with Gasteiger partial charge in [0.25, 0.3) is 5.88 Å². The van der Waals surface area contributed by atoms with Crippen molar-refractivity contribution < 1.29 is 23.4 Å². The molecule has 0 saturated heterocycles. The molecule has 0 bridgehead atoms. The third-order valence-electron chi connectivity index (χ3n) is 5.07. The molecule has 2 aromatic carbocycles. The first-order valence-corrected chi connectivity index (χ1v) is 9.66. The maximum absolute atomic E-state index is 14.7. The smallest absolute Gasteiger partial charge is 0.361 e. The fourth-order valence-electron chi connectivity index (χ4n) is 3.42. The number of aliphatic hydroxyl groups is 1. The second-order valence-corrected chi connectivity index (χ2v) is 7.11. The van der Waals surface area contributed by atoms with Crippen molar-refractivity contribution in [1.82, 2.24) is 10.5 Å². The van der Waals surface area contributed by atoms with Crippen molar-refractivity contribution in [2.45, 2.75) is 12.8 Å². The first kappa shape index (κ1) is 19.8. The number of aromatic nitrogens is 1. The van der Waals surface area contributed by atoms with Crippen LogP contribution in [-0.2, 0) is 4.79 Å². The molecule has 3 N–H and O–H groups in total. The molecule has 1 aliphatic rings. The Balaban J connectivity index is 1.52. The summed E-state index contributed by atoms with van der Waals surface area (Å²) in [6.45, 7) is 2.31. The average Bonchev–Trinajstić information content (AvgIpc) is 3.35. The molecule has 1 aromatic heterocycles. The number of rotatable bonds is 6. The molecule has 0 aliphatic carbocycles. The maximum atomic E-state index is 14.7. The minimum Gasteiger partial charge on any atom is -0.393 e. The number of anilines is 1. The lowest BCUT2D eigenvalue weighted by Gasteiger charge is -2.11. The van der Waals surface area contributed by atoms with Gasteiger partial charge < -0.3 is 9.63 Å². The van der Waals surface area contributed by atoms with Gasteiger partial charge in [0.15, 0.2) is 6.54 Å². The van der Waals surface area contributed by atoms with Crippen molar-refractivity contribution in [1.29, 1.82) is 0 Å². The van der Waals surface area contributed by atoms with Crippen LogP contribution < -0.4 is 10.6 Å². The molecule has 8 heteroatoms. The molecule has 3 aromatic rings. The highest BCUT2D eigenvalue weighted by atomic mass is 19.1. The number of benzene rings is 2. The van der Waals surface area contributed by atoms with E-state index in [9.17, 15) is 9.18 Å². The number of β-amino-alcohol motifs (C(OH)–C–C–N with tert-alkyl or cyclic N) is 1. The van der Waals surface area contributed by atoms with E-state index in [0.717, 1.165) is 11.1 Å². The van der Waals surface area contributed by atoms with E-state index in [4.69, 9.17) is 9.63 Å². The van der Waals surface area contributed by atoms with Crippen molar-refractivity contribution in [3.05, 3.63) is 71.7 Å². The van der Waals surface area contributed by atoms with E-state index in [2.05, 4.69) is 15.8 Å². The number of nitrogens with one attached hydrogen (secondary N) is 2. The van der Waals surface area contributed by atoms with Crippen molar-refractivity contribution in [2.75, 3.05) is 25.0 Å². The van der Waals surface area contributed by atoms with Crippen LogP contribution in [0.3, 0.4) is 0 Å². The highest BCUT2D eigenvalue weighted by molar-refractivity contribution is 6.04. The van der Waals surface area contributed by atoms with Crippen molar-refractivity contribution in [2.24, 2.45) is 0 Å². The third kappa shape index (κ3) is 4.08. The molecule has 154 valence electrons. The normalized spacial score (nSPS) is 14.7. The fourth-order valence-corrected chi connectivity index (χ4v) is 3.42. The van der Waals surface area contributed by atoms with E-state index in [1.807, 2.05) is 43.3 Å². The Hall–Kier alpha value is -3.52. The molecule has 1 amide bonds. The van der Waals surface area contributed by atoms with Gasteiger partial charge in [-0.2, -0.15) is 0 Å². The summed E-state index contributed by atoms with van der Waals surface area (Å²) in [5.41, 5.74) is 2.77. The Morgan fingerprint density at radius 3 is 2.80 bits per heavy atom. The molecular weight excluding hydrogens is 387 g/mol. The Morgan fingerprint density at radius 1 is 1.27 bits per heavy atom. The summed E-state index contributed by atoms with van der Waals surface area (Å²) in [5, 5.41) is 18.9. The highest BCUT2D eigenvalue weighted by Crippen LogP contribution is 2.30. The van der Waals surface area contributed by atoms with Crippen LogP contribution in [0.4, 0.5) is 10.3 Å². The molecule has 4 rings (SSSR count). The molecule has 1 aliphatic heterocycles. The van der Waals surface area contributed by atoms with Crippen LogP contribution in [0.5, 0.6) is 0 Å². The summed E-state index contributed by atoms with van der Waals surface area (Å²) in [4.78, 5) is 11.6. The van der Waals surface area contributed by atoms with Crippen LogP contribution in [0, 0.1) is 5.82 Å². The second kappa shape index (κ2) is 8.46. The summed E-state index contributed by atoms with van der Waals surface area (Å²) < 4.78 is 21.7. The van der Waals surface area contributed by atoms with E-state index in [0.29, 0.717) is 29.6 Å². The lowest BCUT2D eigenvalue weighted by Crippen LogP contribution is -2.33. The first-order chi connectivity index (χ1) is 14.5. The Labute approximate surface area is 172 Å². The Morgan fingerprint density at radius 2 is 2.07 bits per heavy atom. The molecule has 1 unspecified atom stereocenters. The van der Waals surface area contributed by atoms with Gasteiger partial charge in [-0.1, -0.05) is 54.5 Å². The molecule has 30 heavy (non-hydrogen) atoms. The monoisotopic (exact) mass is 409 g/mol. The van der Waals surface area contributed by atoms with E-state index in [1.165, 1.54) is 6.07 Å². The van der Waals surface area contributed by atoms with Crippen molar-refractivity contribution in [3.8, 4) is 11.1 Å². The standard InChI is InChI=1S/C22H21FN4O3/c1-14(16-7-8-17(18(23)11-16)15-5-3-2-4-6-15)19-12-21(30-26-19)25-22-24-20(29)13-27(22)9-10-28/h2-8,11-12,14,28H,9-10,13H2,1H3,(H,24,25,26,29)/p+1. The van der Waals surface area contributed by atoms with Gasteiger partial charge in [0, 0.05) is 17.5 Å². The van der Waals surface area contributed by atoms with E-state index < -0.39 is 0 Å². The molecule has 2 heterocycles. The van der Waals surface area contributed by atoms with Crippen LogP contribution in [-0.4, -0.2) is 46.4 Å². The number of carbonyl (C=O) groups is 1. The zero-order chi connectivity index (χ0) is 21.1. The van der Waals surface area contributed by atoms with Crippen LogP contribution in [0.25, 0.3) is 11.1 Å². The Bertz CT molecular complexity index is 1090. The van der Waals surface area contributed by atoms with Crippen LogP contribution in [0.1, 0.15) is 24.1 Å². The average molecular weight is 409 g/mol. The minimum absolute atomic E-state index is 0.0800. The number of hydrogen-bond donors (Lipinski definition) is 3. The Kier molecular flexibility index (Phi) is 5.58. The van der Waals surface area contributed by atoms with Gasteiger partial charge in [0.1, 0.15) is 5.82 Å². The quantitative estimate of drug-likeness (QED) is 0.545. The van der Waals surface area contributed by atoms with Crippen molar-refractivity contribution >= 4 is 17.8 Å². The van der Waals surface area contributed by atoms with Gasteiger partial charge in [-0.25, -0.2) is 15.0 Å². The third-order valence-corrected chi connectivity index (χ3v) is 5.07. The number of amides is 1. The van der Waals surface area contributed by atoms with E-state index in [-0.39, 0.29) is 30.8 Å². The lowest BCUT2D eigenvalue weighted by molar-refractivity contribution is -0.513. The summed E-state index contributed by atoms with van der Waals surface area (Å²) >= 11 is 0. The summed E-state index contributed by atoms with van der Waals surface area (Å²) in [6, 6.07) is 16.3. The molecule has 0 spiro atoms. The van der Waals surface area contributed by atoms with E-state index >= 15 is 0 Å². The number of guanidine groups is 1. The van der Waals surface area contributed by atoms with E-state index in [1.54, 1.807) is 16.7 Å². The predicted octanol–water partition coefficient (Wildman–Crippen LogP) is 2.54. The molecule has 7 nitrogen and oxygen atoms in total. The summed E-state index contributed by atoms with van der Waals surface area (Å²) in [5.74, 6) is 0.116. The predicted molar refractivity (Wildman–Crippen MR) is 110 cm³/mol. The van der Waals surface area contributed by atoms with Gasteiger partial charge in [0.2, 0.25) is 0 Å². The number of aliphatic hydroxyl groups excluding tert-OH is 1. The number of carbonyl (C=O) groups excluding carboxylic acids is 1. The van der Waals surface area contributed by atoms with Crippen LogP contribution >= 0.6 is 0 Å². The lowest BCUT2D eigenvalue weighted by atomic mass is 9.95. The zero-order valence-electron chi connectivity index (χ0n) is 16.4. The molecular formula is C22H22FN4O3+. The fraction of sp³-hybridized carbons (Fsp3) is 0.227. The topological polar surface area (TPSA) is 90.4 Å². The van der Waals surface area contributed by atoms with Gasteiger partial charge in [-0.15, -0.1) is 0 Å². The van der Waals surface area contributed by atoms with Crippen LogP contribution in [0.2, 0.25) is 0 Å². The van der Waals surface area contributed by atoms with Gasteiger partial charge in [0.05, 0.1) is 18.8 Å². The summed E-state index contributed by atoms with van der Waals surface area (Å²) in [7, 11) is 0. The molecule has 0 radical (unpaired) electrons. The highest BCUT2D eigenvalue weighted by Gasteiger charge is 2.29. The minimum atomic E-state index is -0.295. The molecule has 1 atom stereocenters. The van der Waals surface area contributed by atoms with Gasteiger partial charge >= 0.3 is 11.9 Å². The van der Waals surface area contributed by atoms with Crippen molar-refractivity contribution in [3.63, 3.8) is 0 Å². The maximum Gasteiger partial charge on any atom is 0.361 e. The SMILES string of the molecule is CC(c1ccc(-c2ccccc2)c(F)c1)c1cc(NC2=[N+](CCO)CC(=O)N2)on1. The first-order valence-electron chi connectivity index (χ1n) is 9.66. The molecule has 0 saturated carbocycles. The number of hydrogen-bond acceptors (Lipinski definition) is 5. The van der Waals surface area contributed by atoms with Gasteiger partial charge in [-0.05, 0) is 17.2 Å². The van der Waals surface area contributed by atoms with Gasteiger partial charge in [-0.3, -0.25) is 9.37 Å².